The molecule has 3 amide bonds. The van der Waals surface area contributed by atoms with Crippen molar-refractivity contribution in [3.8, 4) is 0 Å². The molecule has 2 N–H and O–H groups in total. The Kier molecular flexibility index (Phi) is 6.06. The van der Waals surface area contributed by atoms with Gasteiger partial charge in [-0.2, -0.15) is 0 Å². The molecule has 2 aromatic rings. The number of carbonyl (C=O) groups excluding carboxylic acids is 2. The summed E-state index contributed by atoms with van der Waals surface area (Å²) in [7, 11) is 0. The first-order valence-electron chi connectivity index (χ1n) is 9.20. The van der Waals surface area contributed by atoms with E-state index in [2.05, 4.69) is 10.6 Å². The molecule has 5 nitrogen and oxygen atoms in total. The van der Waals surface area contributed by atoms with Gasteiger partial charge in [0, 0.05) is 18.8 Å². The third-order valence-corrected chi connectivity index (χ3v) is 4.83. The van der Waals surface area contributed by atoms with Crippen LogP contribution < -0.4 is 10.6 Å². The summed E-state index contributed by atoms with van der Waals surface area (Å²) in [6.07, 6.45) is 1.53. The molecule has 0 spiro atoms. The highest BCUT2D eigenvalue weighted by Gasteiger charge is 2.29. The van der Waals surface area contributed by atoms with Crippen molar-refractivity contribution in [2.24, 2.45) is 5.92 Å². The van der Waals surface area contributed by atoms with E-state index in [1.807, 2.05) is 37.3 Å². The van der Waals surface area contributed by atoms with E-state index < -0.39 is 0 Å². The topological polar surface area (TPSA) is 61.4 Å². The third kappa shape index (κ3) is 5.06. The molecule has 1 heterocycles. The highest BCUT2D eigenvalue weighted by molar-refractivity contribution is 5.90. The lowest BCUT2D eigenvalue weighted by Gasteiger charge is -2.32. The van der Waals surface area contributed by atoms with E-state index in [1.54, 1.807) is 17.0 Å². The molecule has 0 radical (unpaired) electrons. The number of halogens is 1. The number of rotatable bonds is 4. The molecule has 0 aliphatic carbocycles. The molecule has 0 bridgehead atoms. The van der Waals surface area contributed by atoms with Gasteiger partial charge in [-0.05, 0) is 49.6 Å². The number of nitrogens with zero attached hydrogens (tertiary/aromatic N) is 1. The number of para-hydroxylation sites is 1. The van der Waals surface area contributed by atoms with Crippen molar-refractivity contribution in [3.05, 3.63) is 66.0 Å². The van der Waals surface area contributed by atoms with Crippen molar-refractivity contribution in [1.82, 2.24) is 10.2 Å². The van der Waals surface area contributed by atoms with Gasteiger partial charge in [0.25, 0.3) is 0 Å². The lowest BCUT2D eigenvalue weighted by atomic mass is 9.96. The van der Waals surface area contributed by atoms with Gasteiger partial charge >= 0.3 is 6.03 Å². The average Bonchev–Trinajstić information content (AvgIpc) is 2.69. The smallest absolute Gasteiger partial charge is 0.321 e. The molecule has 1 aliphatic rings. The Hall–Kier alpha value is -2.89. The first kappa shape index (κ1) is 18.9. The van der Waals surface area contributed by atoms with Crippen molar-refractivity contribution in [3.63, 3.8) is 0 Å². The minimum absolute atomic E-state index is 0.0796. The maximum atomic E-state index is 13.0. The van der Waals surface area contributed by atoms with E-state index in [0.29, 0.717) is 13.1 Å². The van der Waals surface area contributed by atoms with Crippen LogP contribution in [0, 0.1) is 11.7 Å². The molecule has 2 aromatic carbocycles. The summed E-state index contributed by atoms with van der Waals surface area (Å²) in [5.41, 5.74) is 1.58. The summed E-state index contributed by atoms with van der Waals surface area (Å²) >= 11 is 0. The lowest BCUT2D eigenvalue weighted by molar-refractivity contribution is -0.126. The number of urea groups is 1. The summed E-state index contributed by atoms with van der Waals surface area (Å²) in [6.45, 7) is 2.89. The molecule has 3 rings (SSSR count). The molecule has 27 heavy (non-hydrogen) atoms. The Labute approximate surface area is 158 Å². The summed E-state index contributed by atoms with van der Waals surface area (Å²) in [5, 5.41) is 5.84. The van der Waals surface area contributed by atoms with Gasteiger partial charge in [-0.15, -0.1) is 0 Å². The van der Waals surface area contributed by atoms with Crippen LogP contribution in [-0.2, 0) is 4.79 Å². The Balaban J connectivity index is 1.56. The zero-order chi connectivity index (χ0) is 19.2. The van der Waals surface area contributed by atoms with Crippen LogP contribution in [0.5, 0.6) is 0 Å². The van der Waals surface area contributed by atoms with Crippen molar-refractivity contribution >= 4 is 17.6 Å². The predicted molar refractivity (Wildman–Crippen MR) is 103 cm³/mol. The minimum atomic E-state index is -0.301. The fourth-order valence-electron chi connectivity index (χ4n) is 3.27. The zero-order valence-corrected chi connectivity index (χ0v) is 15.3. The maximum absolute atomic E-state index is 13.0. The summed E-state index contributed by atoms with van der Waals surface area (Å²) in [6, 6.07) is 15.0. The van der Waals surface area contributed by atoms with Crippen LogP contribution in [-0.4, -0.2) is 29.9 Å². The van der Waals surface area contributed by atoms with Gasteiger partial charge in [0.05, 0.1) is 12.0 Å². The summed E-state index contributed by atoms with van der Waals surface area (Å²) in [4.78, 5) is 26.8. The van der Waals surface area contributed by atoms with E-state index in [4.69, 9.17) is 0 Å². The summed E-state index contributed by atoms with van der Waals surface area (Å²) < 4.78 is 13.0. The molecule has 142 valence electrons. The predicted octanol–water partition coefficient (Wildman–Crippen LogP) is 3.95. The summed E-state index contributed by atoms with van der Waals surface area (Å²) in [5.74, 6) is -0.628. The molecule has 6 heteroatoms. The largest absolute Gasteiger partial charge is 0.349 e. The van der Waals surface area contributed by atoms with E-state index in [0.717, 1.165) is 24.1 Å². The number of hydrogen-bond donors (Lipinski definition) is 2. The Morgan fingerprint density at radius 2 is 1.81 bits per heavy atom. The fourth-order valence-corrected chi connectivity index (χ4v) is 3.27. The zero-order valence-electron chi connectivity index (χ0n) is 15.3. The number of piperidine rings is 1. The number of nitrogens with one attached hydrogen (secondary N) is 2. The van der Waals surface area contributed by atoms with Crippen LogP contribution in [0.1, 0.15) is 31.4 Å². The number of anilines is 1. The highest BCUT2D eigenvalue weighted by Crippen LogP contribution is 2.20. The Morgan fingerprint density at radius 3 is 2.52 bits per heavy atom. The number of likely N-dealkylation sites (tertiary alicyclic amines) is 1. The van der Waals surface area contributed by atoms with Gasteiger partial charge in [0.15, 0.2) is 0 Å². The highest BCUT2D eigenvalue weighted by atomic mass is 19.1. The standard InChI is InChI=1S/C21H24FN3O2/c1-15(16-9-11-18(22)12-10-16)23-20(26)17-6-5-13-25(14-17)21(27)24-19-7-3-2-4-8-19/h2-4,7-12,15,17H,5-6,13-14H2,1H3,(H,23,26)(H,24,27)/t15-,17-/m0/s1. The fraction of sp³-hybridized carbons (Fsp3) is 0.333. The molecule has 1 aliphatic heterocycles. The second-order valence-corrected chi connectivity index (χ2v) is 6.86. The molecule has 0 unspecified atom stereocenters. The quantitative estimate of drug-likeness (QED) is 0.857. The maximum Gasteiger partial charge on any atom is 0.321 e. The SMILES string of the molecule is C[C@H](NC(=O)[C@H]1CCCN(C(=O)Nc2ccccc2)C1)c1ccc(F)cc1. The van der Waals surface area contributed by atoms with E-state index in [1.165, 1.54) is 12.1 Å². The number of benzene rings is 2. The lowest BCUT2D eigenvalue weighted by Crippen LogP contribution is -2.47. The van der Waals surface area contributed by atoms with Gasteiger partial charge in [-0.3, -0.25) is 4.79 Å². The molecule has 0 saturated carbocycles. The van der Waals surface area contributed by atoms with Crippen LogP contribution >= 0.6 is 0 Å². The van der Waals surface area contributed by atoms with E-state index in [-0.39, 0.29) is 29.7 Å². The molecule has 1 fully saturated rings. The normalized spacial score (nSPS) is 17.9. The van der Waals surface area contributed by atoms with Gasteiger partial charge < -0.3 is 15.5 Å². The van der Waals surface area contributed by atoms with Crippen LogP contribution in [0.25, 0.3) is 0 Å². The van der Waals surface area contributed by atoms with Gasteiger partial charge in [-0.1, -0.05) is 30.3 Å². The third-order valence-electron chi connectivity index (χ3n) is 4.83. The van der Waals surface area contributed by atoms with Crippen molar-refractivity contribution in [2.45, 2.75) is 25.8 Å². The van der Waals surface area contributed by atoms with Crippen LogP contribution in [0.2, 0.25) is 0 Å². The molecular formula is C21H24FN3O2. The van der Waals surface area contributed by atoms with E-state index in [9.17, 15) is 14.0 Å². The number of hydrogen-bond acceptors (Lipinski definition) is 2. The first-order chi connectivity index (χ1) is 13.0. The van der Waals surface area contributed by atoms with E-state index >= 15 is 0 Å². The minimum Gasteiger partial charge on any atom is -0.349 e. The van der Waals surface area contributed by atoms with Gasteiger partial charge in [-0.25, -0.2) is 9.18 Å². The average molecular weight is 369 g/mol. The van der Waals surface area contributed by atoms with Crippen molar-refractivity contribution < 1.29 is 14.0 Å². The van der Waals surface area contributed by atoms with Gasteiger partial charge in [0.1, 0.15) is 5.82 Å². The van der Waals surface area contributed by atoms with Crippen molar-refractivity contribution in [1.29, 1.82) is 0 Å². The molecule has 2 atom stereocenters. The molecule has 1 saturated heterocycles. The molecular weight excluding hydrogens is 345 g/mol. The van der Waals surface area contributed by atoms with Crippen molar-refractivity contribution in [2.75, 3.05) is 18.4 Å². The van der Waals surface area contributed by atoms with Gasteiger partial charge in [0.2, 0.25) is 5.91 Å². The van der Waals surface area contributed by atoms with Crippen LogP contribution in [0.4, 0.5) is 14.9 Å². The van der Waals surface area contributed by atoms with Crippen LogP contribution in [0.3, 0.4) is 0 Å². The molecule has 0 aromatic heterocycles. The second-order valence-electron chi connectivity index (χ2n) is 6.86. The Bertz CT molecular complexity index is 780. The number of amides is 3. The second kappa shape index (κ2) is 8.66. The Morgan fingerprint density at radius 1 is 1.11 bits per heavy atom. The monoisotopic (exact) mass is 369 g/mol. The number of carbonyl (C=O) groups is 2. The first-order valence-corrected chi connectivity index (χ1v) is 9.20. The van der Waals surface area contributed by atoms with Crippen LogP contribution in [0.15, 0.2) is 54.6 Å².